The van der Waals surface area contributed by atoms with Crippen molar-refractivity contribution in [2.75, 3.05) is 26.4 Å². The average Bonchev–Trinajstić information content (AvgIpc) is 1.62. The smallest absolute Gasteiger partial charge is 0.346 e. The zero-order valence-corrected chi connectivity index (χ0v) is 58.8. The molecule has 0 spiro atoms. The number of H-pyrrole nitrogens is 2. The first kappa shape index (κ1) is 71.9. The predicted octanol–water partition coefficient (Wildman–Crippen LogP) is 23.7. The van der Waals surface area contributed by atoms with Crippen LogP contribution in [0, 0.1) is 23.2 Å². The molecule has 0 saturated heterocycles. The van der Waals surface area contributed by atoms with E-state index in [0.717, 1.165) is 164 Å². The highest BCUT2D eigenvalue weighted by molar-refractivity contribution is 6.03. The zero-order chi connectivity index (χ0) is 68.8. The van der Waals surface area contributed by atoms with E-state index in [0.29, 0.717) is 48.8 Å². The lowest BCUT2D eigenvalue weighted by atomic mass is 10.0. The lowest BCUT2D eigenvalue weighted by molar-refractivity contribution is -0.132. The molecule has 0 aliphatic carbocycles. The number of carboxylic acid groups (broad SMARTS) is 1. The van der Waals surface area contributed by atoms with Gasteiger partial charge in [0.15, 0.2) is 0 Å². The predicted molar refractivity (Wildman–Crippen MR) is 410 cm³/mol. The molecule has 5 aromatic carbocycles. The highest BCUT2D eigenvalue weighted by Gasteiger charge is 2.25. The molecule has 8 bridgehead atoms. The van der Waals surface area contributed by atoms with Gasteiger partial charge in [0.05, 0.1) is 65.8 Å². The minimum Gasteiger partial charge on any atom is -0.493 e. The highest BCUT2D eigenvalue weighted by atomic mass is 16.5. The Kier molecular flexibility index (Phi) is 27.9. The maximum Gasteiger partial charge on any atom is 0.346 e. The molecule has 3 N–H and O–H groups in total. The van der Waals surface area contributed by atoms with E-state index in [9.17, 15) is 15.2 Å². The number of carboxylic acids is 1. The Morgan fingerprint density at radius 1 is 0.414 bits per heavy atom. The van der Waals surface area contributed by atoms with Gasteiger partial charge in [-0.2, -0.15) is 5.26 Å². The molecule has 0 amide bonds. The Morgan fingerprint density at radius 2 is 0.758 bits per heavy atom. The Balaban J connectivity index is 1.29. The van der Waals surface area contributed by atoms with Crippen LogP contribution in [0.25, 0.3) is 97.0 Å². The van der Waals surface area contributed by atoms with Crippen molar-refractivity contribution in [1.82, 2.24) is 19.9 Å². The molecule has 2 aliphatic rings. The van der Waals surface area contributed by atoms with E-state index >= 15 is 0 Å². The molecular weight excluding hydrogens is 1220 g/mol. The van der Waals surface area contributed by atoms with Gasteiger partial charge in [-0.05, 0) is 116 Å². The molecule has 8 aromatic rings. The van der Waals surface area contributed by atoms with Crippen LogP contribution >= 0.6 is 0 Å². The lowest BCUT2D eigenvalue weighted by Gasteiger charge is -2.14. The molecule has 10 rings (SSSR count). The molecule has 0 radical (unpaired) electrons. The van der Waals surface area contributed by atoms with Gasteiger partial charge in [-0.1, -0.05) is 253 Å². The van der Waals surface area contributed by atoms with Crippen LogP contribution in [0.15, 0.2) is 145 Å². The normalized spacial score (nSPS) is 11.7. The number of rotatable bonds is 38. The topological polar surface area (TPSA) is 155 Å². The number of aromatic amines is 2. The van der Waals surface area contributed by atoms with E-state index in [1.165, 1.54) is 102 Å². The number of ether oxygens (including phenoxy) is 4. The van der Waals surface area contributed by atoms with Crippen molar-refractivity contribution in [3.63, 3.8) is 0 Å². The number of benzene rings is 5. The number of para-hydroxylation sites is 4. The molecule has 512 valence electrons. The summed E-state index contributed by atoms with van der Waals surface area (Å²) in [6.45, 7) is 11.3. The molecule has 0 saturated carbocycles. The maximum absolute atomic E-state index is 11.9. The number of hydrogen-bond acceptors (Lipinski definition) is 8. The fourth-order valence-electron chi connectivity index (χ4n) is 13.1. The van der Waals surface area contributed by atoms with Crippen LogP contribution in [0.1, 0.15) is 221 Å². The quantitative estimate of drug-likeness (QED) is 0.0148. The van der Waals surface area contributed by atoms with Crippen molar-refractivity contribution in [1.29, 1.82) is 5.26 Å². The Bertz CT molecular complexity index is 4360. The van der Waals surface area contributed by atoms with Gasteiger partial charge in [0, 0.05) is 61.1 Å². The lowest BCUT2D eigenvalue weighted by Crippen LogP contribution is -2.00. The number of nitriles is 1. The van der Waals surface area contributed by atoms with E-state index in [1.54, 1.807) is 18.2 Å². The first-order valence-electron chi connectivity index (χ1n) is 36.9. The van der Waals surface area contributed by atoms with Crippen LogP contribution in [0.5, 0.6) is 23.0 Å². The fraction of sp³-hybridized carbons (Fsp3) is 0.364. The van der Waals surface area contributed by atoms with Crippen molar-refractivity contribution >= 4 is 58.4 Å². The second-order valence-electron chi connectivity index (χ2n) is 26.0. The summed E-state index contributed by atoms with van der Waals surface area (Å²) in [6.07, 6.45) is 37.3. The van der Waals surface area contributed by atoms with Crippen molar-refractivity contribution in [3.05, 3.63) is 185 Å². The fourth-order valence-corrected chi connectivity index (χ4v) is 13.1. The van der Waals surface area contributed by atoms with E-state index in [-0.39, 0.29) is 5.57 Å². The molecule has 0 unspecified atom stereocenters. The molecule has 11 nitrogen and oxygen atoms in total. The number of nitrogens with zero attached hydrogens (tertiary/aromatic N) is 3. The van der Waals surface area contributed by atoms with Crippen molar-refractivity contribution < 1.29 is 28.8 Å². The third-order valence-electron chi connectivity index (χ3n) is 18.4. The summed E-state index contributed by atoms with van der Waals surface area (Å²) in [6, 6.07) is 48.8. The summed E-state index contributed by atoms with van der Waals surface area (Å²) >= 11 is 0. The second-order valence-corrected chi connectivity index (χ2v) is 26.0. The maximum atomic E-state index is 11.9. The van der Waals surface area contributed by atoms with Crippen LogP contribution in [0.3, 0.4) is 0 Å². The highest BCUT2D eigenvalue weighted by Crippen LogP contribution is 2.45. The van der Waals surface area contributed by atoms with Gasteiger partial charge in [0.2, 0.25) is 0 Å². The first-order chi connectivity index (χ1) is 48.8. The van der Waals surface area contributed by atoms with Crippen molar-refractivity contribution in [2.45, 2.75) is 182 Å². The summed E-state index contributed by atoms with van der Waals surface area (Å²) in [4.78, 5) is 31.5. The number of carbonyl (C=O) groups is 1. The van der Waals surface area contributed by atoms with Crippen LogP contribution in [-0.4, -0.2) is 57.4 Å². The van der Waals surface area contributed by atoms with Crippen molar-refractivity contribution in [2.24, 2.45) is 0 Å². The number of unbranched alkanes of at least 4 members (excludes halogenated alkanes) is 20. The number of hydrogen-bond donors (Lipinski definition) is 3. The van der Waals surface area contributed by atoms with Crippen LogP contribution in [0.2, 0.25) is 0 Å². The first-order valence-corrected chi connectivity index (χ1v) is 36.9. The van der Waals surface area contributed by atoms with Crippen molar-refractivity contribution in [3.8, 4) is 85.4 Å². The Hall–Kier alpha value is -9.84. The van der Waals surface area contributed by atoms with Gasteiger partial charge >= 0.3 is 5.97 Å². The second kappa shape index (κ2) is 38.3. The summed E-state index contributed by atoms with van der Waals surface area (Å²) < 4.78 is 27.6. The third-order valence-corrected chi connectivity index (χ3v) is 18.4. The number of aliphatic carboxylic acids is 1. The minimum absolute atomic E-state index is 0.355. The molecule has 3 aromatic heterocycles. The average molecular weight is 1320 g/mol. The molecule has 2 aliphatic heterocycles. The van der Waals surface area contributed by atoms with E-state index in [1.807, 2.05) is 30.3 Å². The van der Waals surface area contributed by atoms with Gasteiger partial charge in [-0.3, -0.25) is 0 Å². The van der Waals surface area contributed by atoms with E-state index in [4.69, 9.17) is 28.9 Å². The Morgan fingerprint density at radius 3 is 1.13 bits per heavy atom. The molecule has 99 heavy (non-hydrogen) atoms. The monoisotopic (exact) mass is 1320 g/mol. The van der Waals surface area contributed by atoms with Gasteiger partial charge in [-0.25, -0.2) is 14.8 Å². The van der Waals surface area contributed by atoms with E-state index < -0.39 is 5.97 Å². The van der Waals surface area contributed by atoms with Gasteiger partial charge in [0.25, 0.3) is 0 Å². The zero-order valence-electron chi connectivity index (χ0n) is 58.8. The largest absolute Gasteiger partial charge is 0.493 e. The number of nitrogens with one attached hydrogen (secondary N) is 2. The Labute approximate surface area is 587 Å². The molecule has 0 fully saturated rings. The van der Waals surface area contributed by atoms with Gasteiger partial charge in [-0.15, -0.1) is 0 Å². The van der Waals surface area contributed by atoms with E-state index in [2.05, 4.69) is 171 Å². The van der Waals surface area contributed by atoms with Gasteiger partial charge < -0.3 is 34.0 Å². The molecular formula is C88H99N5O6. The minimum atomic E-state index is -1.29. The summed E-state index contributed by atoms with van der Waals surface area (Å²) in [7, 11) is 0. The van der Waals surface area contributed by atoms with Gasteiger partial charge in [0.1, 0.15) is 34.6 Å². The standard InChI is InChI=1S/C88H99N5O6/c1-5-9-13-17-21-33-57-96-79-41-29-25-37-68(79)83-72-51-52-73(90-72)84(69-38-26-30-42-80(69)97-58-34-22-18-14-10-6-2)75-55-56-77(92-75)86(71-40-28-32-44-82(71)99-60-36-24-20-16-12-8-4)87-66(50-49-64-45-47-65(48-46-64)61-67(63-89)88(94)95)62-78(93-87)85(76-54-53-74(83)91-76)70-39-27-31-43-81(70)98-59-35-23-19-15-11-7-3/h25-32,37-48,51-56,61-62,90,93H,5-24,33-36,57-60H2,1-4H3,(H,94,95)/b67-61-,83-72?,83-74?,84-73?,84-75?,85-76?,85-78?,86-77?,87-86?. The molecule has 11 heteroatoms. The van der Waals surface area contributed by atoms with Crippen LogP contribution in [-0.2, 0) is 4.79 Å². The summed E-state index contributed by atoms with van der Waals surface area (Å²) in [5.41, 5.74) is 14.6. The SMILES string of the molecule is CCCCCCCCOc1ccccc1-c1c2nc(c(-c3ccccc3OCCCCCCCC)c3cc(C#Cc4ccc(/C=C(/C#N)C(=O)O)cc4)c([nH]3)c(-c3ccccc3OCCCCCCCC)c3nc(c(-c4ccccc4OCCCCCCCC)c4ccc1[nH]4)C=C3)C=C2. The summed E-state index contributed by atoms with van der Waals surface area (Å²) in [5.74, 6) is 8.89. The third kappa shape index (κ3) is 19.7. The number of aromatic nitrogens is 4. The van der Waals surface area contributed by atoms with Crippen LogP contribution < -0.4 is 18.9 Å². The molecule has 0 atom stereocenters. The molecule has 5 heterocycles. The van der Waals surface area contributed by atoms with Crippen LogP contribution in [0.4, 0.5) is 0 Å². The summed E-state index contributed by atoms with van der Waals surface area (Å²) in [5, 5.41) is 19.3. The number of fused-ring (bicyclic) bond motifs is 8.